The van der Waals surface area contributed by atoms with Crippen LogP contribution < -0.4 is 0 Å². The first kappa shape index (κ1) is 24.7. The van der Waals surface area contributed by atoms with Gasteiger partial charge in [-0.3, -0.25) is 4.79 Å². The molecule has 0 aromatic rings. The summed E-state index contributed by atoms with van der Waals surface area (Å²) >= 11 is 0. The molecule has 1 amide bonds. The number of hydrogen-bond donors (Lipinski definition) is 1. The number of rotatable bonds is 12. The molecule has 3 nitrogen and oxygen atoms in total. The molecule has 0 aliphatic carbocycles. The highest BCUT2D eigenvalue weighted by Gasteiger charge is 2.15. The van der Waals surface area contributed by atoms with E-state index in [1.54, 1.807) is 14.0 Å². The summed E-state index contributed by atoms with van der Waals surface area (Å²) in [5, 5.41) is 9.43. The van der Waals surface area contributed by atoms with Crippen molar-refractivity contribution in [3.63, 3.8) is 0 Å². The molecule has 0 saturated carbocycles. The molecule has 150 valence electrons. The van der Waals surface area contributed by atoms with Gasteiger partial charge in [0.15, 0.2) is 0 Å². The van der Waals surface area contributed by atoms with Crippen LogP contribution in [-0.4, -0.2) is 29.2 Å². The Morgan fingerprint density at radius 1 is 0.923 bits per heavy atom. The van der Waals surface area contributed by atoms with Gasteiger partial charge in [-0.2, -0.15) is 0 Å². The molecule has 0 saturated heterocycles. The van der Waals surface area contributed by atoms with E-state index in [0.717, 1.165) is 38.5 Å². The fourth-order valence-corrected chi connectivity index (χ4v) is 2.71. The zero-order chi connectivity index (χ0) is 20.1. The third-order valence-corrected chi connectivity index (χ3v) is 4.75. The van der Waals surface area contributed by atoms with Crippen molar-refractivity contribution in [3.8, 4) is 0 Å². The summed E-state index contributed by atoms with van der Waals surface area (Å²) < 4.78 is 0. The molecule has 0 radical (unpaired) electrons. The first-order valence-electron chi connectivity index (χ1n) is 10.0. The highest BCUT2D eigenvalue weighted by atomic mass is 16.3. The smallest absolute Gasteiger partial charge is 0.224 e. The van der Waals surface area contributed by atoms with Crippen molar-refractivity contribution in [2.75, 3.05) is 7.05 Å². The maximum atomic E-state index is 11.9. The van der Waals surface area contributed by atoms with Crippen LogP contribution in [-0.2, 0) is 4.79 Å². The molecule has 0 aromatic heterocycles. The SMILES string of the molecule is CC(C)=CCCC(C)=CCCC(C)=CCCC(C)CC(=O)N(C)C(C)O. The van der Waals surface area contributed by atoms with Crippen LogP contribution in [0, 0.1) is 5.92 Å². The summed E-state index contributed by atoms with van der Waals surface area (Å²) in [7, 11) is 1.65. The molecule has 0 rings (SSSR count). The molecule has 2 atom stereocenters. The lowest BCUT2D eigenvalue weighted by Gasteiger charge is -2.22. The van der Waals surface area contributed by atoms with Gasteiger partial charge in [0.1, 0.15) is 6.23 Å². The molecular weight excluding hydrogens is 322 g/mol. The Kier molecular flexibility index (Phi) is 13.1. The molecule has 0 aliphatic rings. The first-order chi connectivity index (χ1) is 12.1. The lowest BCUT2D eigenvalue weighted by atomic mass is 9.99. The van der Waals surface area contributed by atoms with Gasteiger partial charge in [-0.15, -0.1) is 0 Å². The zero-order valence-corrected chi connectivity index (χ0v) is 18.1. The van der Waals surface area contributed by atoms with E-state index in [1.807, 2.05) is 0 Å². The van der Waals surface area contributed by atoms with Crippen molar-refractivity contribution in [1.29, 1.82) is 0 Å². The van der Waals surface area contributed by atoms with E-state index in [-0.39, 0.29) is 5.91 Å². The minimum absolute atomic E-state index is 0.0157. The first-order valence-corrected chi connectivity index (χ1v) is 10.0. The predicted octanol–water partition coefficient (Wildman–Crippen LogP) is 6.01. The van der Waals surface area contributed by atoms with Gasteiger partial charge in [0.2, 0.25) is 5.91 Å². The molecule has 0 bridgehead atoms. The van der Waals surface area contributed by atoms with E-state index < -0.39 is 6.23 Å². The van der Waals surface area contributed by atoms with Gasteiger partial charge in [-0.05, 0) is 79.1 Å². The third-order valence-electron chi connectivity index (χ3n) is 4.75. The van der Waals surface area contributed by atoms with Crippen LogP contribution in [0.4, 0.5) is 0 Å². The summed E-state index contributed by atoms with van der Waals surface area (Å²) in [6.45, 7) is 12.4. The molecule has 0 spiro atoms. The van der Waals surface area contributed by atoms with Crippen molar-refractivity contribution in [2.24, 2.45) is 5.92 Å². The maximum absolute atomic E-state index is 11.9. The van der Waals surface area contributed by atoms with E-state index in [9.17, 15) is 9.90 Å². The number of aliphatic hydroxyl groups excluding tert-OH is 1. The second kappa shape index (κ2) is 13.8. The normalized spacial score (nSPS) is 14.8. The summed E-state index contributed by atoms with van der Waals surface area (Å²) in [6, 6.07) is 0. The monoisotopic (exact) mass is 363 g/mol. The third kappa shape index (κ3) is 12.9. The Morgan fingerprint density at radius 3 is 1.92 bits per heavy atom. The molecular formula is C23H41NO2. The van der Waals surface area contributed by atoms with Gasteiger partial charge in [0.05, 0.1) is 0 Å². The van der Waals surface area contributed by atoms with Gasteiger partial charge < -0.3 is 10.0 Å². The number of carbonyl (C=O) groups is 1. The topological polar surface area (TPSA) is 40.5 Å². The van der Waals surface area contributed by atoms with Crippen LogP contribution in [0.25, 0.3) is 0 Å². The molecule has 26 heavy (non-hydrogen) atoms. The summed E-state index contributed by atoms with van der Waals surface area (Å²) in [6.07, 6.45) is 13.3. The summed E-state index contributed by atoms with van der Waals surface area (Å²) in [5.41, 5.74) is 4.30. The second-order valence-corrected chi connectivity index (χ2v) is 7.98. The Balaban J connectivity index is 4.07. The Bertz CT molecular complexity index is 496. The predicted molar refractivity (Wildman–Crippen MR) is 113 cm³/mol. The van der Waals surface area contributed by atoms with Gasteiger partial charge in [-0.25, -0.2) is 0 Å². The van der Waals surface area contributed by atoms with Crippen LogP contribution in [0.2, 0.25) is 0 Å². The van der Waals surface area contributed by atoms with Crippen LogP contribution in [0.1, 0.15) is 86.5 Å². The van der Waals surface area contributed by atoms with Gasteiger partial charge in [0, 0.05) is 13.5 Å². The fraction of sp³-hybridized carbons (Fsp3) is 0.696. The lowest BCUT2D eigenvalue weighted by Crippen LogP contribution is -2.35. The average molecular weight is 364 g/mol. The van der Waals surface area contributed by atoms with Crippen molar-refractivity contribution < 1.29 is 9.90 Å². The Labute approximate surface area is 161 Å². The summed E-state index contributed by atoms with van der Waals surface area (Å²) in [4.78, 5) is 13.4. The van der Waals surface area contributed by atoms with Gasteiger partial charge in [-0.1, -0.05) is 41.9 Å². The highest BCUT2D eigenvalue weighted by Crippen LogP contribution is 2.16. The van der Waals surface area contributed by atoms with Gasteiger partial charge in [0.25, 0.3) is 0 Å². The largest absolute Gasteiger partial charge is 0.374 e. The molecule has 0 aromatic carbocycles. The molecule has 2 unspecified atom stereocenters. The number of allylic oxidation sites excluding steroid dienone is 6. The van der Waals surface area contributed by atoms with Crippen LogP contribution in [0.5, 0.6) is 0 Å². The Morgan fingerprint density at radius 2 is 1.42 bits per heavy atom. The standard InChI is InChI=1S/C23H41NO2/c1-18(2)11-8-12-19(3)13-9-14-20(4)15-10-16-21(5)17-23(26)24(7)22(6)25/h11,13,15,21-22,25H,8-10,12,14,16-17H2,1-7H3. The zero-order valence-electron chi connectivity index (χ0n) is 18.1. The van der Waals surface area contributed by atoms with Crippen LogP contribution in [0.15, 0.2) is 34.9 Å². The van der Waals surface area contributed by atoms with Crippen molar-refractivity contribution in [3.05, 3.63) is 34.9 Å². The van der Waals surface area contributed by atoms with E-state index in [0.29, 0.717) is 12.3 Å². The van der Waals surface area contributed by atoms with E-state index in [2.05, 4.69) is 52.8 Å². The molecule has 0 fully saturated rings. The average Bonchev–Trinajstić information content (AvgIpc) is 2.53. The molecule has 0 heterocycles. The Hall–Kier alpha value is -1.35. The second-order valence-electron chi connectivity index (χ2n) is 7.98. The highest BCUT2D eigenvalue weighted by molar-refractivity contribution is 5.76. The molecule has 1 N–H and O–H groups in total. The van der Waals surface area contributed by atoms with Crippen LogP contribution in [0.3, 0.4) is 0 Å². The number of amides is 1. The molecule has 0 aliphatic heterocycles. The fourth-order valence-electron chi connectivity index (χ4n) is 2.71. The lowest BCUT2D eigenvalue weighted by molar-refractivity contribution is -0.138. The van der Waals surface area contributed by atoms with Crippen LogP contribution >= 0.6 is 0 Å². The van der Waals surface area contributed by atoms with E-state index in [1.165, 1.54) is 21.6 Å². The van der Waals surface area contributed by atoms with E-state index in [4.69, 9.17) is 0 Å². The number of carbonyl (C=O) groups excluding carboxylic acids is 1. The minimum Gasteiger partial charge on any atom is -0.374 e. The van der Waals surface area contributed by atoms with Crippen molar-refractivity contribution >= 4 is 5.91 Å². The maximum Gasteiger partial charge on any atom is 0.224 e. The van der Waals surface area contributed by atoms with Gasteiger partial charge >= 0.3 is 0 Å². The summed E-state index contributed by atoms with van der Waals surface area (Å²) in [5.74, 6) is 0.354. The molecule has 3 heteroatoms. The van der Waals surface area contributed by atoms with Crippen molar-refractivity contribution in [2.45, 2.75) is 92.7 Å². The van der Waals surface area contributed by atoms with Crippen molar-refractivity contribution in [1.82, 2.24) is 4.90 Å². The van der Waals surface area contributed by atoms with E-state index >= 15 is 0 Å². The number of aliphatic hydroxyl groups is 1. The quantitative estimate of drug-likeness (QED) is 0.341. The number of nitrogens with zero attached hydrogens (tertiary/aromatic N) is 1. The number of hydrogen-bond acceptors (Lipinski definition) is 2. The minimum atomic E-state index is -0.713.